The van der Waals surface area contributed by atoms with Gasteiger partial charge in [0.25, 0.3) is 0 Å². The number of nitrogens with one attached hydrogen (secondary N) is 1. The first kappa shape index (κ1) is 25.7. The first-order valence-corrected chi connectivity index (χ1v) is 14.0. The quantitative estimate of drug-likeness (QED) is 0.362. The summed E-state index contributed by atoms with van der Waals surface area (Å²) in [5.41, 5.74) is 0. The Morgan fingerprint density at radius 3 is 2.38 bits per heavy atom. The van der Waals surface area contributed by atoms with Crippen molar-refractivity contribution in [2.75, 3.05) is 25.1 Å². The fourth-order valence-corrected chi connectivity index (χ4v) is 4.36. The number of thiophene rings is 1. The predicted molar refractivity (Wildman–Crippen MR) is 121 cm³/mol. The number of carbonyl (C=O) groups is 2. The standard InChI is InChI=1S/C21H37NO5SSi/c1-8-25-19(23)13-11-17(20(24)26-9-2)22-18-12-10-16(28-18)14-15-27-29(6,7)21(3,4)5/h10,12,17,22H,8-9,11,13-15H2,1-7H3/t17-/m0/s1. The molecule has 0 aliphatic heterocycles. The van der Waals surface area contributed by atoms with E-state index in [1.165, 1.54) is 4.88 Å². The van der Waals surface area contributed by atoms with Gasteiger partial charge in [0.15, 0.2) is 8.32 Å². The van der Waals surface area contributed by atoms with Gasteiger partial charge in [-0.3, -0.25) is 4.79 Å². The van der Waals surface area contributed by atoms with Crippen molar-refractivity contribution in [2.24, 2.45) is 0 Å². The Bertz CT molecular complexity index is 654. The van der Waals surface area contributed by atoms with Crippen LogP contribution in [0.3, 0.4) is 0 Å². The number of hydrogen-bond donors (Lipinski definition) is 1. The van der Waals surface area contributed by atoms with Crippen LogP contribution in [0.15, 0.2) is 12.1 Å². The van der Waals surface area contributed by atoms with E-state index in [4.69, 9.17) is 13.9 Å². The molecule has 0 bridgehead atoms. The van der Waals surface area contributed by atoms with Gasteiger partial charge in [-0.1, -0.05) is 20.8 Å². The summed E-state index contributed by atoms with van der Waals surface area (Å²) in [6, 6.07) is 3.44. The van der Waals surface area contributed by atoms with Crippen LogP contribution in [0.4, 0.5) is 5.00 Å². The zero-order valence-corrected chi connectivity index (χ0v) is 20.7. The number of esters is 2. The highest BCUT2D eigenvalue weighted by Gasteiger charge is 2.36. The van der Waals surface area contributed by atoms with Crippen LogP contribution in [0.2, 0.25) is 18.1 Å². The van der Waals surface area contributed by atoms with Crippen LogP contribution in [0.1, 0.15) is 52.3 Å². The van der Waals surface area contributed by atoms with Crippen molar-refractivity contribution < 1.29 is 23.5 Å². The summed E-state index contributed by atoms with van der Waals surface area (Å²) in [7, 11) is -1.75. The third kappa shape index (κ3) is 8.88. The van der Waals surface area contributed by atoms with Gasteiger partial charge in [0.2, 0.25) is 0 Å². The molecule has 6 nitrogen and oxygen atoms in total. The van der Waals surface area contributed by atoms with Gasteiger partial charge in [-0.2, -0.15) is 0 Å². The third-order valence-corrected chi connectivity index (χ3v) is 10.7. The normalized spacial score (nSPS) is 13.1. The monoisotopic (exact) mass is 443 g/mol. The SMILES string of the molecule is CCOC(=O)CC[C@H](Nc1ccc(CCO[Si](C)(C)C(C)(C)C)s1)C(=O)OCC. The Labute approximate surface area is 180 Å². The highest BCUT2D eigenvalue weighted by atomic mass is 32.1. The largest absolute Gasteiger partial charge is 0.466 e. The van der Waals surface area contributed by atoms with Gasteiger partial charge >= 0.3 is 11.9 Å². The van der Waals surface area contributed by atoms with Crippen LogP contribution in [0.5, 0.6) is 0 Å². The van der Waals surface area contributed by atoms with Gasteiger partial charge in [-0.25, -0.2) is 4.79 Å². The molecule has 8 heteroatoms. The Hall–Kier alpha value is -1.38. The Balaban J connectivity index is 2.64. The molecule has 1 heterocycles. The molecule has 1 rings (SSSR count). The van der Waals surface area contributed by atoms with Crippen molar-refractivity contribution in [2.45, 2.75) is 78.1 Å². The second kappa shape index (κ2) is 11.7. The molecule has 0 radical (unpaired) electrons. The number of hydrogen-bond acceptors (Lipinski definition) is 7. The highest BCUT2D eigenvalue weighted by molar-refractivity contribution is 7.16. The van der Waals surface area contributed by atoms with Crippen molar-refractivity contribution in [3.63, 3.8) is 0 Å². The van der Waals surface area contributed by atoms with Crippen LogP contribution < -0.4 is 5.32 Å². The lowest BCUT2D eigenvalue weighted by Crippen LogP contribution is -2.41. The molecule has 0 saturated carbocycles. The lowest BCUT2D eigenvalue weighted by Gasteiger charge is -2.36. The molecule has 1 aromatic rings. The molecule has 0 spiro atoms. The van der Waals surface area contributed by atoms with Crippen molar-refractivity contribution >= 4 is 36.6 Å². The maximum atomic E-state index is 12.3. The molecule has 0 saturated heterocycles. The van der Waals surface area contributed by atoms with Gasteiger partial charge in [0.05, 0.1) is 18.2 Å². The molecule has 0 aliphatic rings. The third-order valence-electron chi connectivity index (χ3n) is 5.11. The second-order valence-electron chi connectivity index (χ2n) is 8.42. The summed E-state index contributed by atoms with van der Waals surface area (Å²) in [6.07, 6.45) is 1.34. The van der Waals surface area contributed by atoms with Crippen LogP contribution in [-0.4, -0.2) is 46.1 Å². The van der Waals surface area contributed by atoms with Crippen molar-refractivity contribution in [3.8, 4) is 0 Å². The average Bonchev–Trinajstić information content (AvgIpc) is 3.05. The van der Waals surface area contributed by atoms with E-state index in [2.05, 4.69) is 45.2 Å². The summed E-state index contributed by atoms with van der Waals surface area (Å²) in [4.78, 5) is 25.1. The molecular weight excluding hydrogens is 406 g/mol. The molecule has 0 fully saturated rings. The minimum absolute atomic E-state index is 0.170. The van der Waals surface area contributed by atoms with Crippen molar-refractivity contribution in [1.29, 1.82) is 0 Å². The number of anilines is 1. The first-order chi connectivity index (χ1) is 13.5. The summed E-state index contributed by atoms with van der Waals surface area (Å²) in [5, 5.41) is 4.30. The fraction of sp³-hybridized carbons (Fsp3) is 0.714. The van der Waals surface area contributed by atoms with Crippen LogP contribution >= 0.6 is 11.3 Å². The maximum Gasteiger partial charge on any atom is 0.328 e. The van der Waals surface area contributed by atoms with E-state index in [1.807, 2.05) is 6.07 Å². The van der Waals surface area contributed by atoms with E-state index < -0.39 is 14.4 Å². The molecule has 1 aromatic heterocycles. The zero-order valence-electron chi connectivity index (χ0n) is 18.9. The minimum Gasteiger partial charge on any atom is -0.466 e. The lowest BCUT2D eigenvalue weighted by atomic mass is 10.1. The van der Waals surface area contributed by atoms with Gasteiger partial charge in [-0.05, 0) is 50.5 Å². The lowest BCUT2D eigenvalue weighted by molar-refractivity contribution is -0.145. The Morgan fingerprint density at radius 1 is 1.14 bits per heavy atom. The van der Waals surface area contributed by atoms with Crippen molar-refractivity contribution in [1.82, 2.24) is 0 Å². The second-order valence-corrected chi connectivity index (χ2v) is 14.4. The molecule has 166 valence electrons. The fourth-order valence-electron chi connectivity index (χ4n) is 2.37. The van der Waals surface area contributed by atoms with Gasteiger partial charge in [0, 0.05) is 24.3 Å². The summed E-state index contributed by atoms with van der Waals surface area (Å²) < 4.78 is 16.3. The molecule has 0 aromatic carbocycles. The smallest absolute Gasteiger partial charge is 0.328 e. The predicted octanol–water partition coefficient (Wildman–Crippen LogP) is 5.00. The number of ether oxygens (including phenoxy) is 2. The van der Waals surface area contributed by atoms with E-state index in [0.29, 0.717) is 26.2 Å². The van der Waals surface area contributed by atoms with Gasteiger partial charge in [0.1, 0.15) is 6.04 Å². The highest BCUT2D eigenvalue weighted by Crippen LogP contribution is 2.36. The van der Waals surface area contributed by atoms with Crippen LogP contribution in [0, 0.1) is 0 Å². The molecule has 0 aliphatic carbocycles. The minimum atomic E-state index is -1.75. The topological polar surface area (TPSA) is 73.9 Å². The van der Waals surface area contributed by atoms with Crippen molar-refractivity contribution in [3.05, 3.63) is 17.0 Å². The molecular formula is C21H37NO5SSi. The van der Waals surface area contributed by atoms with E-state index in [9.17, 15) is 9.59 Å². The first-order valence-electron chi connectivity index (χ1n) is 10.3. The Kier molecular flexibility index (Phi) is 10.4. The van der Waals surface area contributed by atoms with E-state index in [1.54, 1.807) is 25.2 Å². The van der Waals surface area contributed by atoms with Crippen LogP contribution in [0.25, 0.3) is 0 Å². The van der Waals surface area contributed by atoms with E-state index in [-0.39, 0.29) is 23.4 Å². The summed E-state index contributed by atoms with van der Waals surface area (Å²) in [6.45, 7) is 16.1. The molecule has 1 N–H and O–H groups in total. The molecule has 1 atom stereocenters. The number of carbonyl (C=O) groups excluding carboxylic acids is 2. The average molecular weight is 444 g/mol. The molecule has 0 unspecified atom stereocenters. The van der Waals surface area contributed by atoms with Crippen LogP contribution in [-0.2, 0) is 29.9 Å². The summed E-state index contributed by atoms with van der Waals surface area (Å²) >= 11 is 1.60. The van der Waals surface area contributed by atoms with Gasteiger partial charge in [-0.15, -0.1) is 11.3 Å². The zero-order chi connectivity index (χ0) is 22.1. The summed E-state index contributed by atoms with van der Waals surface area (Å²) in [5.74, 6) is -0.661. The molecule has 29 heavy (non-hydrogen) atoms. The van der Waals surface area contributed by atoms with Gasteiger partial charge < -0.3 is 19.2 Å². The van der Waals surface area contributed by atoms with E-state index in [0.717, 1.165) is 11.4 Å². The number of rotatable bonds is 12. The Morgan fingerprint density at radius 2 is 1.79 bits per heavy atom. The van der Waals surface area contributed by atoms with E-state index >= 15 is 0 Å². The molecule has 0 amide bonds. The maximum absolute atomic E-state index is 12.3.